The molecule has 0 atom stereocenters. The van der Waals surface area contributed by atoms with Gasteiger partial charge in [-0.25, -0.2) is 9.97 Å². The molecule has 1 aromatic carbocycles. The van der Waals surface area contributed by atoms with Crippen molar-refractivity contribution in [2.75, 3.05) is 30.8 Å². The highest BCUT2D eigenvalue weighted by Crippen LogP contribution is 2.34. The van der Waals surface area contributed by atoms with Gasteiger partial charge in [-0.3, -0.25) is 4.98 Å². The first-order valence-electron chi connectivity index (χ1n) is 11.6. The molecule has 0 spiro atoms. The van der Waals surface area contributed by atoms with Crippen LogP contribution in [0.15, 0.2) is 36.7 Å². The highest BCUT2D eigenvalue weighted by molar-refractivity contribution is 7.80. The van der Waals surface area contributed by atoms with E-state index in [0.717, 1.165) is 51.1 Å². The van der Waals surface area contributed by atoms with Crippen LogP contribution in [-0.4, -0.2) is 45.0 Å². The quantitative estimate of drug-likeness (QED) is 0.529. The average molecular weight is 459 g/mol. The molecule has 2 aromatic heterocycles. The standard InChI is InChI=1S/C26H30N6S/c1-16-4-5-21-22(10-16)29-24(33)13-19-14-28-26(31-25(19)21)30-23-15-27-20(11-17(23)2)12-18-6-8-32(3)9-7-18/h4-5,10-11,14-15,18H,6-9,12-13H2,1-3H3,(H,29,33)(H,28,30,31). The number of benzene rings is 1. The minimum Gasteiger partial charge on any atom is -0.349 e. The minimum atomic E-state index is 0.570. The Morgan fingerprint density at radius 3 is 2.73 bits per heavy atom. The van der Waals surface area contributed by atoms with Gasteiger partial charge >= 0.3 is 0 Å². The van der Waals surface area contributed by atoms with Gasteiger partial charge in [-0.1, -0.05) is 24.4 Å². The molecule has 0 saturated carbocycles. The third-order valence-corrected chi connectivity index (χ3v) is 6.92. The summed E-state index contributed by atoms with van der Waals surface area (Å²) in [5.74, 6) is 1.30. The number of hydrogen-bond acceptors (Lipinski definition) is 6. The summed E-state index contributed by atoms with van der Waals surface area (Å²) < 4.78 is 0. The van der Waals surface area contributed by atoms with Crippen molar-refractivity contribution in [1.29, 1.82) is 0 Å². The Morgan fingerprint density at radius 1 is 1.12 bits per heavy atom. The molecule has 0 unspecified atom stereocenters. The third kappa shape index (κ3) is 4.89. The number of aryl methyl sites for hydroxylation is 2. The SMILES string of the molecule is Cc1ccc2c(c1)NC(=S)Cc1cnc(Nc3cnc(CC4CCN(C)CC4)cc3C)nc1-2. The first-order chi connectivity index (χ1) is 15.9. The molecule has 4 heterocycles. The average Bonchev–Trinajstić information content (AvgIpc) is 2.92. The number of fused-ring (bicyclic) bond motifs is 3. The van der Waals surface area contributed by atoms with Crippen molar-refractivity contribution >= 4 is 34.5 Å². The van der Waals surface area contributed by atoms with Crippen LogP contribution in [0.4, 0.5) is 17.3 Å². The normalized spacial score (nSPS) is 16.5. The van der Waals surface area contributed by atoms with E-state index in [-0.39, 0.29) is 0 Å². The second-order valence-electron chi connectivity index (χ2n) is 9.41. The van der Waals surface area contributed by atoms with Gasteiger partial charge in [-0.2, -0.15) is 0 Å². The Labute approximate surface area is 200 Å². The first-order valence-corrected chi connectivity index (χ1v) is 12.0. The molecule has 33 heavy (non-hydrogen) atoms. The van der Waals surface area contributed by atoms with Crippen molar-refractivity contribution < 1.29 is 0 Å². The largest absolute Gasteiger partial charge is 0.349 e. The van der Waals surface area contributed by atoms with E-state index < -0.39 is 0 Å². The van der Waals surface area contributed by atoms with Gasteiger partial charge in [0.2, 0.25) is 5.95 Å². The van der Waals surface area contributed by atoms with Crippen molar-refractivity contribution in [3.63, 3.8) is 0 Å². The summed E-state index contributed by atoms with van der Waals surface area (Å²) in [6.07, 6.45) is 7.98. The molecule has 5 rings (SSSR count). The van der Waals surface area contributed by atoms with Gasteiger partial charge in [-0.05, 0) is 82.4 Å². The summed E-state index contributed by atoms with van der Waals surface area (Å²) in [5, 5.41) is 6.75. The fraction of sp³-hybridized carbons (Fsp3) is 0.385. The zero-order valence-corrected chi connectivity index (χ0v) is 20.3. The molecule has 7 heteroatoms. The van der Waals surface area contributed by atoms with Crippen molar-refractivity contribution in [2.24, 2.45) is 5.92 Å². The van der Waals surface area contributed by atoms with E-state index in [1.165, 1.54) is 37.2 Å². The van der Waals surface area contributed by atoms with E-state index in [9.17, 15) is 0 Å². The monoisotopic (exact) mass is 458 g/mol. The number of aromatic nitrogens is 3. The van der Waals surface area contributed by atoms with Crippen molar-refractivity contribution in [1.82, 2.24) is 19.9 Å². The number of piperidine rings is 1. The molecule has 6 nitrogen and oxygen atoms in total. The van der Waals surface area contributed by atoms with Crippen LogP contribution in [0.1, 0.15) is 35.2 Å². The van der Waals surface area contributed by atoms with Crippen LogP contribution >= 0.6 is 12.2 Å². The van der Waals surface area contributed by atoms with Crippen molar-refractivity contribution in [3.05, 3.63) is 59.0 Å². The summed E-state index contributed by atoms with van der Waals surface area (Å²) in [7, 11) is 2.20. The van der Waals surface area contributed by atoms with Crippen LogP contribution in [0, 0.1) is 19.8 Å². The van der Waals surface area contributed by atoms with E-state index in [0.29, 0.717) is 12.4 Å². The van der Waals surface area contributed by atoms with Crippen LogP contribution in [0.5, 0.6) is 0 Å². The van der Waals surface area contributed by atoms with E-state index in [2.05, 4.69) is 65.7 Å². The molecule has 2 N–H and O–H groups in total. The highest BCUT2D eigenvalue weighted by atomic mass is 32.1. The lowest BCUT2D eigenvalue weighted by molar-refractivity contribution is 0.218. The molecule has 2 aliphatic heterocycles. The Kier molecular flexibility index (Phi) is 6.08. The maximum Gasteiger partial charge on any atom is 0.227 e. The second kappa shape index (κ2) is 9.15. The van der Waals surface area contributed by atoms with Gasteiger partial charge in [0, 0.05) is 35.1 Å². The van der Waals surface area contributed by atoms with Crippen molar-refractivity contribution in [3.8, 4) is 11.3 Å². The smallest absolute Gasteiger partial charge is 0.227 e. The maximum atomic E-state index is 5.53. The van der Waals surface area contributed by atoms with Crippen LogP contribution in [-0.2, 0) is 12.8 Å². The molecule has 1 fully saturated rings. The predicted molar refractivity (Wildman–Crippen MR) is 138 cm³/mol. The molecule has 0 bridgehead atoms. The topological polar surface area (TPSA) is 66.0 Å². The summed E-state index contributed by atoms with van der Waals surface area (Å²) in [5.41, 5.74) is 8.44. The highest BCUT2D eigenvalue weighted by Gasteiger charge is 2.20. The van der Waals surface area contributed by atoms with Crippen LogP contribution in [0.3, 0.4) is 0 Å². The maximum absolute atomic E-state index is 5.53. The van der Waals surface area contributed by atoms with Crippen LogP contribution in [0.2, 0.25) is 0 Å². The van der Waals surface area contributed by atoms with Crippen molar-refractivity contribution in [2.45, 2.75) is 39.5 Å². The number of rotatable bonds is 4. The minimum absolute atomic E-state index is 0.570. The Balaban J connectivity index is 1.37. The summed E-state index contributed by atoms with van der Waals surface area (Å²) in [4.78, 5) is 17.4. The van der Waals surface area contributed by atoms with E-state index >= 15 is 0 Å². The summed E-state index contributed by atoms with van der Waals surface area (Å²) in [6.45, 7) is 6.56. The summed E-state index contributed by atoms with van der Waals surface area (Å²) in [6, 6.07) is 8.52. The fourth-order valence-electron chi connectivity index (χ4n) is 4.70. The molecule has 3 aromatic rings. The van der Waals surface area contributed by atoms with Crippen LogP contribution in [0.25, 0.3) is 11.3 Å². The zero-order chi connectivity index (χ0) is 22.9. The third-order valence-electron chi connectivity index (χ3n) is 6.67. The molecular weight excluding hydrogens is 428 g/mol. The fourth-order valence-corrected chi connectivity index (χ4v) is 4.97. The van der Waals surface area contributed by atoms with E-state index in [4.69, 9.17) is 22.2 Å². The molecule has 170 valence electrons. The number of hydrogen-bond donors (Lipinski definition) is 2. The van der Waals surface area contributed by atoms with Gasteiger partial charge in [0.1, 0.15) is 0 Å². The molecule has 0 radical (unpaired) electrons. The van der Waals surface area contributed by atoms with Gasteiger partial charge in [0.15, 0.2) is 0 Å². The number of pyridine rings is 1. The second-order valence-corrected chi connectivity index (χ2v) is 9.90. The van der Waals surface area contributed by atoms with Gasteiger partial charge in [0.25, 0.3) is 0 Å². The Morgan fingerprint density at radius 2 is 1.94 bits per heavy atom. The van der Waals surface area contributed by atoms with Crippen LogP contribution < -0.4 is 10.6 Å². The van der Waals surface area contributed by atoms with Gasteiger partial charge in [-0.15, -0.1) is 0 Å². The molecule has 0 amide bonds. The van der Waals surface area contributed by atoms with E-state index in [1.54, 1.807) is 0 Å². The number of thiocarbonyl (C=S) groups is 1. The molecule has 2 aliphatic rings. The first kappa shape index (κ1) is 21.9. The predicted octanol–water partition coefficient (Wildman–Crippen LogP) is 5.08. The lowest BCUT2D eigenvalue weighted by Gasteiger charge is -2.28. The number of nitrogens with one attached hydrogen (secondary N) is 2. The van der Waals surface area contributed by atoms with Gasteiger partial charge < -0.3 is 15.5 Å². The molecule has 0 aliphatic carbocycles. The Bertz CT molecular complexity index is 1200. The molecule has 1 saturated heterocycles. The number of likely N-dealkylation sites (tertiary alicyclic amines) is 1. The lowest BCUT2D eigenvalue weighted by Crippen LogP contribution is -2.31. The number of anilines is 3. The van der Waals surface area contributed by atoms with E-state index in [1.807, 2.05) is 12.4 Å². The Hall–Kier alpha value is -2.90. The lowest BCUT2D eigenvalue weighted by atomic mass is 9.92. The summed E-state index contributed by atoms with van der Waals surface area (Å²) >= 11 is 5.53. The zero-order valence-electron chi connectivity index (χ0n) is 19.5. The number of nitrogens with zero attached hydrogens (tertiary/aromatic N) is 4. The molecular formula is C26H30N6S. The van der Waals surface area contributed by atoms with Gasteiger partial charge in [0.05, 0.1) is 22.6 Å².